The highest BCUT2D eigenvalue weighted by Gasteiger charge is 2.20. The molecular formula is C19H18ClN5O3S. The van der Waals surface area contributed by atoms with Gasteiger partial charge < -0.3 is 4.90 Å². The van der Waals surface area contributed by atoms with Crippen molar-refractivity contribution in [1.29, 1.82) is 0 Å². The van der Waals surface area contributed by atoms with Crippen LogP contribution < -0.4 is 0 Å². The molecule has 0 N–H and O–H groups in total. The van der Waals surface area contributed by atoms with Gasteiger partial charge in [-0.05, 0) is 30.7 Å². The van der Waals surface area contributed by atoms with Crippen molar-refractivity contribution in [1.82, 2.24) is 19.7 Å². The Morgan fingerprint density at radius 3 is 2.79 bits per heavy atom. The van der Waals surface area contributed by atoms with E-state index in [1.165, 1.54) is 23.9 Å². The van der Waals surface area contributed by atoms with E-state index in [4.69, 9.17) is 11.6 Å². The lowest BCUT2D eigenvalue weighted by molar-refractivity contribution is -0.384. The predicted molar refractivity (Wildman–Crippen MR) is 111 cm³/mol. The molecule has 0 bridgehead atoms. The number of carbonyl (C=O) groups is 1. The number of amides is 1. The molecule has 150 valence electrons. The number of carbonyl (C=O) groups excluding carboxylic acids is 1. The van der Waals surface area contributed by atoms with E-state index >= 15 is 0 Å². The van der Waals surface area contributed by atoms with Crippen LogP contribution in [0.5, 0.6) is 0 Å². The summed E-state index contributed by atoms with van der Waals surface area (Å²) in [5.41, 5.74) is 1.50. The summed E-state index contributed by atoms with van der Waals surface area (Å²) in [6, 6.07) is 13.2. The lowest BCUT2D eigenvalue weighted by atomic mass is 10.1. The highest BCUT2D eigenvalue weighted by Crippen LogP contribution is 2.25. The number of non-ortho nitro benzene ring substituents is 1. The molecular weight excluding hydrogens is 414 g/mol. The zero-order valence-corrected chi connectivity index (χ0v) is 17.3. The molecule has 1 heterocycles. The third-order valence-electron chi connectivity index (χ3n) is 4.47. The third kappa shape index (κ3) is 4.93. The smallest absolute Gasteiger partial charge is 0.269 e. The first-order chi connectivity index (χ1) is 13.9. The molecule has 0 fully saturated rings. The molecule has 0 aliphatic carbocycles. The molecule has 0 radical (unpaired) electrons. The molecule has 1 atom stereocenters. The zero-order valence-electron chi connectivity index (χ0n) is 15.7. The summed E-state index contributed by atoms with van der Waals surface area (Å²) < 4.78 is 1.76. The summed E-state index contributed by atoms with van der Waals surface area (Å²) >= 11 is 7.30. The van der Waals surface area contributed by atoms with E-state index in [1.54, 1.807) is 47.1 Å². The molecule has 0 saturated carbocycles. The first-order valence-electron chi connectivity index (χ1n) is 8.65. The van der Waals surface area contributed by atoms with E-state index in [0.717, 1.165) is 5.69 Å². The number of halogens is 1. The number of thioether (sulfide) groups is 1. The first-order valence-corrected chi connectivity index (χ1v) is 10.0. The lowest BCUT2D eigenvalue weighted by Gasteiger charge is -2.25. The Morgan fingerprint density at radius 2 is 2.07 bits per heavy atom. The largest absolute Gasteiger partial charge is 0.338 e. The maximum Gasteiger partial charge on any atom is 0.269 e. The quantitative estimate of drug-likeness (QED) is 0.317. The fourth-order valence-corrected chi connectivity index (χ4v) is 3.73. The SMILES string of the molecule is C[C@@H](c1cccc([N+](=O)[O-])c1)N(C)C(=O)CSc1nncn1-c1cccc(Cl)c1. The fourth-order valence-electron chi connectivity index (χ4n) is 2.69. The highest BCUT2D eigenvalue weighted by molar-refractivity contribution is 7.99. The summed E-state index contributed by atoms with van der Waals surface area (Å²) in [6.07, 6.45) is 1.56. The monoisotopic (exact) mass is 431 g/mol. The molecule has 10 heteroatoms. The van der Waals surface area contributed by atoms with E-state index < -0.39 is 4.92 Å². The average molecular weight is 432 g/mol. The predicted octanol–water partition coefficient (Wildman–Crippen LogP) is 4.14. The Morgan fingerprint density at radius 1 is 1.31 bits per heavy atom. The van der Waals surface area contributed by atoms with Crippen LogP contribution in [-0.2, 0) is 4.79 Å². The van der Waals surface area contributed by atoms with Gasteiger partial charge in [-0.3, -0.25) is 19.5 Å². The summed E-state index contributed by atoms with van der Waals surface area (Å²) in [5.74, 6) is 0.0179. The maximum absolute atomic E-state index is 12.7. The Hall–Kier alpha value is -2.91. The van der Waals surface area contributed by atoms with Gasteiger partial charge in [0.25, 0.3) is 5.69 Å². The first kappa shape index (κ1) is 20.8. The van der Waals surface area contributed by atoms with Gasteiger partial charge in [-0.2, -0.15) is 0 Å². The number of nitro benzene ring substituents is 1. The van der Waals surface area contributed by atoms with Crippen LogP contribution in [-0.4, -0.2) is 43.3 Å². The van der Waals surface area contributed by atoms with Gasteiger partial charge in [0.05, 0.1) is 22.4 Å². The second-order valence-electron chi connectivity index (χ2n) is 6.28. The number of benzene rings is 2. The fraction of sp³-hybridized carbons (Fsp3) is 0.211. The normalized spacial score (nSPS) is 11.8. The van der Waals surface area contributed by atoms with Crippen molar-refractivity contribution in [2.75, 3.05) is 12.8 Å². The zero-order chi connectivity index (χ0) is 21.0. The number of aromatic nitrogens is 3. The van der Waals surface area contributed by atoms with E-state index in [0.29, 0.717) is 15.7 Å². The van der Waals surface area contributed by atoms with Crippen molar-refractivity contribution >= 4 is 35.0 Å². The topological polar surface area (TPSA) is 94.2 Å². The molecule has 3 aromatic rings. The van der Waals surface area contributed by atoms with E-state index in [9.17, 15) is 14.9 Å². The number of nitrogens with zero attached hydrogens (tertiary/aromatic N) is 5. The van der Waals surface area contributed by atoms with Crippen LogP contribution in [0.1, 0.15) is 18.5 Å². The van der Waals surface area contributed by atoms with Gasteiger partial charge in [0.15, 0.2) is 5.16 Å². The minimum Gasteiger partial charge on any atom is -0.338 e. The van der Waals surface area contributed by atoms with Crippen LogP contribution in [0.25, 0.3) is 5.69 Å². The van der Waals surface area contributed by atoms with E-state index in [2.05, 4.69) is 10.2 Å². The number of rotatable bonds is 7. The molecule has 0 aliphatic heterocycles. The Balaban J connectivity index is 1.68. The maximum atomic E-state index is 12.7. The summed E-state index contributed by atoms with van der Waals surface area (Å²) in [4.78, 5) is 24.8. The highest BCUT2D eigenvalue weighted by atomic mass is 35.5. The van der Waals surface area contributed by atoms with Crippen molar-refractivity contribution in [3.8, 4) is 5.69 Å². The molecule has 29 heavy (non-hydrogen) atoms. The second-order valence-corrected chi connectivity index (χ2v) is 7.66. The third-order valence-corrected chi connectivity index (χ3v) is 5.63. The van der Waals surface area contributed by atoms with Gasteiger partial charge in [-0.25, -0.2) is 0 Å². The standard InChI is InChI=1S/C19H18ClN5O3S/c1-13(14-5-3-8-17(9-14)25(27)28)23(2)18(26)11-29-19-22-21-12-24(19)16-7-4-6-15(20)10-16/h3-10,12-13H,11H2,1-2H3/t13-/m0/s1. The Bertz CT molecular complexity index is 1040. The number of hydrogen-bond acceptors (Lipinski definition) is 6. The minimum atomic E-state index is -0.448. The summed E-state index contributed by atoms with van der Waals surface area (Å²) in [5, 5.41) is 20.1. The molecule has 0 saturated heterocycles. The Labute approximate surface area is 176 Å². The minimum absolute atomic E-state index is 0.000743. The molecule has 3 rings (SSSR count). The molecule has 1 aromatic heterocycles. The summed E-state index contributed by atoms with van der Waals surface area (Å²) in [6.45, 7) is 1.83. The van der Waals surface area contributed by atoms with Gasteiger partial charge >= 0.3 is 0 Å². The number of hydrogen-bond donors (Lipinski definition) is 0. The second kappa shape index (κ2) is 9.06. The molecule has 0 aliphatic rings. The van der Waals surface area contributed by atoms with E-state index in [-0.39, 0.29) is 23.4 Å². The van der Waals surface area contributed by atoms with Crippen molar-refractivity contribution in [2.45, 2.75) is 18.1 Å². The number of nitro groups is 1. The molecule has 0 unspecified atom stereocenters. The van der Waals surface area contributed by atoms with Crippen LogP contribution in [0.4, 0.5) is 5.69 Å². The van der Waals surface area contributed by atoms with Crippen molar-refractivity contribution in [2.24, 2.45) is 0 Å². The Kier molecular flexibility index (Phi) is 6.50. The molecule has 1 amide bonds. The van der Waals surface area contributed by atoms with Crippen LogP contribution >= 0.6 is 23.4 Å². The van der Waals surface area contributed by atoms with Gasteiger partial charge in [0.1, 0.15) is 6.33 Å². The lowest BCUT2D eigenvalue weighted by Crippen LogP contribution is -2.31. The average Bonchev–Trinajstić information content (AvgIpc) is 3.19. The van der Waals surface area contributed by atoms with Crippen LogP contribution in [0.3, 0.4) is 0 Å². The van der Waals surface area contributed by atoms with Gasteiger partial charge in [0, 0.05) is 24.2 Å². The van der Waals surface area contributed by atoms with Crippen LogP contribution in [0.2, 0.25) is 5.02 Å². The van der Waals surface area contributed by atoms with E-state index in [1.807, 2.05) is 19.1 Å². The van der Waals surface area contributed by atoms with Gasteiger partial charge in [-0.1, -0.05) is 41.6 Å². The summed E-state index contributed by atoms with van der Waals surface area (Å²) in [7, 11) is 1.67. The molecule has 2 aromatic carbocycles. The van der Waals surface area contributed by atoms with Crippen molar-refractivity contribution in [3.63, 3.8) is 0 Å². The van der Waals surface area contributed by atoms with Crippen molar-refractivity contribution in [3.05, 3.63) is 75.6 Å². The molecule has 8 nitrogen and oxygen atoms in total. The van der Waals surface area contributed by atoms with Gasteiger partial charge in [0.2, 0.25) is 5.91 Å². The van der Waals surface area contributed by atoms with Gasteiger partial charge in [-0.15, -0.1) is 10.2 Å². The van der Waals surface area contributed by atoms with Crippen LogP contribution in [0.15, 0.2) is 60.0 Å². The van der Waals surface area contributed by atoms with Crippen molar-refractivity contribution < 1.29 is 9.72 Å². The molecule has 0 spiro atoms. The van der Waals surface area contributed by atoms with Crippen LogP contribution in [0, 0.1) is 10.1 Å².